The highest BCUT2D eigenvalue weighted by atomic mass is 19.1. The summed E-state index contributed by atoms with van der Waals surface area (Å²) in [6.07, 6.45) is 3.40. The van der Waals surface area contributed by atoms with Crippen molar-refractivity contribution in [2.75, 3.05) is 6.54 Å². The molecule has 3 aromatic rings. The third kappa shape index (κ3) is 3.35. The molecule has 0 spiro atoms. The van der Waals surface area contributed by atoms with Crippen molar-refractivity contribution in [3.8, 4) is 11.1 Å². The number of H-pyrrole nitrogens is 1. The maximum Gasteiger partial charge on any atom is 0.257 e. The first kappa shape index (κ1) is 17.4. The van der Waals surface area contributed by atoms with Crippen LogP contribution in [-0.4, -0.2) is 32.5 Å². The molecule has 0 unspecified atom stereocenters. The van der Waals surface area contributed by atoms with E-state index >= 15 is 0 Å². The molecule has 27 heavy (non-hydrogen) atoms. The molecule has 1 N–H and O–H groups in total. The number of halogens is 1. The molecule has 1 fully saturated rings. The van der Waals surface area contributed by atoms with Crippen LogP contribution < -0.4 is 0 Å². The highest BCUT2D eigenvalue weighted by Crippen LogP contribution is 2.34. The summed E-state index contributed by atoms with van der Waals surface area (Å²) in [6.45, 7) is 4.50. The number of carbonyl (C=O) groups is 1. The Labute approximate surface area is 157 Å². The third-order valence-corrected chi connectivity index (χ3v) is 5.07. The topological polar surface area (TPSA) is 61.9 Å². The Kier molecular flexibility index (Phi) is 4.48. The highest BCUT2D eigenvalue weighted by Gasteiger charge is 2.33. The lowest BCUT2D eigenvalue weighted by molar-refractivity contribution is 0.0732. The molecule has 0 saturated carbocycles. The predicted octanol–water partition coefficient (Wildman–Crippen LogP) is 4.20. The first-order chi connectivity index (χ1) is 13.0. The minimum atomic E-state index is -0.257. The van der Waals surface area contributed by atoms with Gasteiger partial charge in [0.2, 0.25) is 0 Å². The predicted molar refractivity (Wildman–Crippen MR) is 101 cm³/mol. The van der Waals surface area contributed by atoms with Crippen molar-refractivity contribution in [2.45, 2.75) is 32.7 Å². The normalized spacial score (nSPS) is 16.7. The van der Waals surface area contributed by atoms with Crippen molar-refractivity contribution in [3.63, 3.8) is 0 Å². The third-order valence-electron chi connectivity index (χ3n) is 5.07. The molecule has 1 atom stereocenters. The molecule has 6 heteroatoms. The minimum Gasteiger partial charge on any atom is -0.330 e. The van der Waals surface area contributed by atoms with Gasteiger partial charge in [-0.05, 0) is 62.1 Å². The molecule has 0 bridgehead atoms. The molecule has 1 saturated heterocycles. The summed E-state index contributed by atoms with van der Waals surface area (Å²) in [4.78, 5) is 19.6. The van der Waals surface area contributed by atoms with Gasteiger partial charge < -0.3 is 4.90 Å². The van der Waals surface area contributed by atoms with E-state index < -0.39 is 0 Å². The van der Waals surface area contributed by atoms with Crippen molar-refractivity contribution in [1.82, 2.24) is 20.1 Å². The van der Waals surface area contributed by atoms with Gasteiger partial charge in [0.1, 0.15) is 5.82 Å². The average Bonchev–Trinajstić information content (AvgIpc) is 3.30. The van der Waals surface area contributed by atoms with Gasteiger partial charge in [0.15, 0.2) is 0 Å². The number of likely N-dealkylation sites (tertiary alicyclic amines) is 1. The van der Waals surface area contributed by atoms with E-state index in [1.807, 2.05) is 30.9 Å². The van der Waals surface area contributed by atoms with Crippen molar-refractivity contribution in [1.29, 1.82) is 0 Å². The smallest absolute Gasteiger partial charge is 0.257 e. The second-order valence-electron chi connectivity index (χ2n) is 6.99. The molecule has 4 rings (SSSR count). The van der Waals surface area contributed by atoms with Crippen LogP contribution in [0.3, 0.4) is 0 Å². The fourth-order valence-electron chi connectivity index (χ4n) is 3.71. The summed E-state index contributed by atoms with van der Waals surface area (Å²) in [7, 11) is 0. The number of hydrogen-bond acceptors (Lipinski definition) is 3. The van der Waals surface area contributed by atoms with E-state index in [4.69, 9.17) is 4.98 Å². The largest absolute Gasteiger partial charge is 0.330 e. The Morgan fingerprint density at radius 2 is 1.96 bits per heavy atom. The lowest BCUT2D eigenvalue weighted by atomic mass is 10.0. The quantitative estimate of drug-likeness (QED) is 0.757. The molecular formula is C21H21FN4O. The second kappa shape index (κ2) is 6.95. The Bertz CT molecular complexity index is 980. The summed E-state index contributed by atoms with van der Waals surface area (Å²) in [5, 5.41) is 6.80. The number of aryl methyl sites for hydroxylation is 2. The van der Waals surface area contributed by atoms with E-state index in [9.17, 15) is 9.18 Å². The van der Waals surface area contributed by atoms with E-state index in [-0.39, 0.29) is 17.8 Å². The number of carbonyl (C=O) groups excluding carboxylic acids is 1. The van der Waals surface area contributed by atoms with Gasteiger partial charge in [-0.25, -0.2) is 4.39 Å². The SMILES string of the molecule is Cc1cc(-c2ccc(F)cc2)cc([C@@H]2CCCN2C(=O)c2cn[nH]c2C)n1. The molecule has 5 nitrogen and oxygen atoms in total. The van der Waals surface area contributed by atoms with Crippen LogP contribution in [0.5, 0.6) is 0 Å². The number of aromatic amines is 1. The van der Waals surface area contributed by atoms with E-state index in [2.05, 4.69) is 10.2 Å². The summed E-state index contributed by atoms with van der Waals surface area (Å²) in [5.74, 6) is -0.275. The fourth-order valence-corrected chi connectivity index (χ4v) is 3.71. The van der Waals surface area contributed by atoms with Crippen LogP contribution in [0.2, 0.25) is 0 Å². The zero-order valence-corrected chi connectivity index (χ0v) is 15.4. The lowest BCUT2D eigenvalue weighted by Crippen LogP contribution is -2.31. The minimum absolute atomic E-state index is 0.0182. The van der Waals surface area contributed by atoms with Crippen molar-refractivity contribution < 1.29 is 9.18 Å². The monoisotopic (exact) mass is 364 g/mol. The van der Waals surface area contributed by atoms with Crippen molar-refractivity contribution in [3.05, 3.63) is 71.1 Å². The van der Waals surface area contributed by atoms with Crippen LogP contribution in [0, 0.1) is 19.7 Å². The van der Waals surface area contributed by atoms with Gasteiger partial charge in [-0.2, -0.15) is 5.10 Å². The van der Waals surface area contributed by atoms with Gasteiger partial charge >= 0.3 is 0 Å². The Morgan fingerprint density at radius 1 is 1.19 bits per heavy atom. The Morgan fingerprint density at radius 3 is 2.67 bits per heavy atom. The lowest BCUT2D eigenvalue weighted by Gasteiger charge is -2.25. The van der Waals surface area contributed by atoms with Crippen LogP contribution in [-0.2, 0) is 0 Å². The van der Waals surface area contributed by atoms with Crippen LogP contribution in [0.25, 0.3) is 11.1 Å². The number of nitrogens with zero attached hydrogens (tertiary/aromatic N) is 3. The summed E-state index contributed by atoms with van der Waals surface area (Å²) in [5.41, 5.74) is 5.05. The number of hydrogen-bond donors (Lipinski definition) is 1. The van der Waals surface area contributed by atoms with E-state index in [1.165, 1.54) is 12.1 Å². The van der Waals surface area contributed by atoms with Crippen LogP contribution in [0.15, 0.2) is 42.6 Å². The Balaban J connectivity index is 1.68. The molecule has 3 heterocycles. The Hall–Kier alpha value is -3.02. The zero-order chi connectivity index (χ0) is 19.0. The molecular weight excluding hydrogens is 343 g/mol. The highest BCUT2D eigenvalue weighted by molar-refractivity contribution is 5.95. The molecule has 1 aliphatic heterocycles. The summed E-state index contributed by atoms with van der Waals surface area (Å²) >= 11 is 0. The maximum absolute atomic E-state index is 13.2. The van der Waals surface area contributed by atoms with Gasteiger partial charge in [-0.15, -0.1) is 0 Å². The number of aromatic nitrogens is 3. The molecule has 0 radical (unpaired) electrons. The number of rotatable bonds is 3. The van der Waals surface area contributed by atoms with Crippen LogP contribution in [0.1, 0.15) is 46.3 Å². The van der Waals surface area contributed by atoms with E-state index in [1.54, 1.807) is 18.3 Å². The van der Waals surface area contributed by atoms with Gasteiger partial charge in [-0.1, -0.05) is 12.1 Å². The molecule has 2 aromatic heterocycles. The number of amides is 1. The standard InChI is InChI=1S/C21H21FN4O/c1-13-10-16(15-5-7-17(22)8-6-15)11-19(24-13)20-4-3-9-26(20)21(27)18-12-23-25-14(18)2/h5-8,10-12,20H,3-4,9H2,1-2H3,(H,23,25)/t20-/m0/s1. The van der Waals surface area contributed by atoms with E-state index in [0.29, 0.717) is 12.1 Å². The fraction of sp³-hybridized carbons (Fsp3) is 0.286. The molecule has 0 aliphatic carbocycles. The average molecular weight is 364 g/mol. The van der Waals surface area contributed by atoms with Crippen molar-refractivity contribution in [2.24, 2.45) is 0 Å². The van der Waals surface area contributed by atoms with Crippen LogP contribution >= 0.6 is 0 Å². The summed E-state index contributed by atoms with van der Waals surface area (Å²) in [6, 6.07) is 10.4. The summed E-state index contributed by atoms with van der Waals surface area (Å²) < 4.78 is 13.2. The zero-order valence-electron chi connectivity index (χ0n) is 15.4. The molecule has 138 valence electrons. The maximum atomic E-state index is 13.2. The molecule has 1 amide bonds. The van der Waals surface area contributed by atoms with Gasteiger partial charge in [0.25, 0.3) is 5.91 Å². The molecule has 1 aromatic carbocycles. The van der Waals surface area contributed by atoms with Gasteiger partial charge in [-0.3, -0.25) is 14.9 Å². The molecule has 1 aliphatic rings. The number of benzene rings is 1. The first-order valence-electron chi connectivity index (χ1n) is 9.08. The first-order valence-corrected chi connectivity index (χ1v) is 9.08. The van der Waals surface area contributed by atoms with E-state index in [0.717, 1.165) is 41.1 Å². The van der Waals surface area contributed by atoms with Crippen LogP contribution in [0.4, 0.5) is 4.39 Å². The number of nitrogens with one attached hydrogen (secondary N) is 1. The number of pyridine rings is 1. The van der Waals surface area contributed by atoms with Gasteiger partial charge in [0, 0.05) is 17.9 Å². The second-order valence-corrected chi connectivity index (χ2v) is 6.99. The van der Waals surface area contributed by atoms with Gasteiger partial charge in [0.05, 0.1) is 23.5 Å². The van der Waals surface area contributed by atoms with Crippen molar-refractivity contribution >= 4 is 5.91 Å².